The second-order valence-electron chi connectivity index (χ2n) is 1.40. The van der Waals surface area contributed by atoms with Gasteiger partial charge in [0, 0.05) is 0 Å². The first-order valence-electron chi connectivity index (χ1n) is 2.32. The third-order valence-corrected chi connectivity index (χ3v) is 0.773. The number of nitrogens with zero attached hydrogens (tertiary/aromatic N) is 1. The molecule has 0 aromatic heterocycles. The normalized spacial score (nSPS) is 13.4. The summed E-state index contributed by atoms with van der Waals surface area (Å²) in [5.41, 5.74) is 6.30. The van der Waals surface area contributed by atoms with Crippen LogP contribution in [0.1, 0.15) is 13.3 Å². The van der Waals surface area contributed by atoms with Gasteiger partial charge >= 0.3 is 0 Å². The van der Waals surface area contributed by atoms with Gasteiger partial charge in [-0.1, -0.05) is 6.92 Å². The van der Waals surface area contributed by atoms with Crippen molar-refractivity contribution in [1.29, 1.82) is 5.53 Å². The number of aliphatic hydroxyl groups excluding tert-OH is 1. The minimum atomic E-state index is -0.405. The first-order valence-corrected chi connectivity index (χ1v) is 2.32. The molecule has 2 N–H and O–H groups in total. The molecule has 0 aromatic carbocycles. The molecule has 0 saturated carbocycles. The molecule has 0 radical (unpaired) electrons. The molecule has 0 aliphatic carbocycles. The van der Waals surface area contributed by atoms with E-state index in [4.69, 9.17) is 10.6 Å². The molecule has 0 aliphatic rings. The zero-order valence-electron chi connectivity index (χ0n) is 4.39. The maximum Gasteiger partial charge on any atom is 0.0855 e. The summed E-state index contributed by atoms with van der Waals surface area (Å²) in [5.74, 6) is 0. The Labute approximate surface area is 42.9 Å². The Morgan fingerprint density at radius 1 is 1.86 bits per heavy atom. The molecular weight excluding hydrogens is 92.1 g/mol. The van der Waals surface area contributed by atoms with Gasteiger partial charge in [-0.3, -0.25) is 0 Å². The Hall–Kier alpha value is -0.440. The maximum absolute atomic E-state index is 8.64. The number of aliphatic hydroxyl groups is 1. The van der Waals surface area contributed by atoms with E-state index in [9.17, 15) is 0 Å². The van der Waals surface area contributed by atoms with Gasteiger partial charge in [-0.15, -0.1) is 0 Å². The van der Waals surface area contributed by atoms with Crippen LogP contribution in [0.3, 0.4) is 0 Å². The molecule has 3 nitrogen and oxygen atoms in total. The monoisotopic (exact) mass is 102 g/mol. The number of hydrogen-bond donors (Lipinski definition) is 2. The lowest BCUT2D eigenvalue weighted by atomic mass is 10.3. The summed E-state index contributed by atoms with van der Waals surface area (Å²) >= 11 is 0. The summed E-state index contributed by atoms with van der Waals surface area (Å²) in [6.07, 6.45) is 0.278. The molecule has 0 heterocycles. The summed E-state index contributed by atoms with van der Waals surface area (Å²) in [4.78, 5) is 0. The molecule has 1 atom stereocenters. The predicted octanol–water partition coefficient (Wildman–Crippen LogP) is 0.788. The number of rotatable bonds is 3. The molecule has 0 fully saturated rings. The summed E-state index contributed by atoms with van der Waals surface area (Å²) in [6, 6.07) is 0. The van der Waals surface area contributed by atoms with Crippen molar-refractivity contribution in [2.75, 3.05) is 6.54 Å². The fourth-order valence-corrected chi connectivity index (χ4v) is 0.234. The summed E-state index contributed by atoms with van der Waals surface area (Å²) in [6.45, 7) is 2.10. The Kier molecular flexibility index (Phi) is 3.50. The van der Waals surface area contributed by atoms with E-state index in [0.717, 1.165) is 0 Å². The van der Waals surface area contributed by atoms with E-state index in [-0.39, 0.29) is 6.54 Å². The molecule has 3 heteroatoms. The third kappa shape index (κ3) is 3.39. The van der Waals surface area contributed by atoms with Crippen LogP contribution in [0.4, 0.5) is 0 Å². The van der Waals surface area contributed by atoms with Crippen LogP contribution in [0.25, 0.3) is 0 Å². The fraction of sp³-hybridized carbons (Fsp3) is 1.00. The summed E-state index contributed by atoms with van der Waals surface area (Å²) in [7, 11) is 0. The van der Waals surface area contributed by atoms with Crippen molar-refractivity contribution >= 4 is 0 Å². The van der Waals surface area contributed by atoms with E-state index < -0.39 is 6.10 Å². The van der Waals surface area contributed by atoms with Crippen LogP contribution in [0.5, 0.6) is 0 Å². The van der Waals surface area contributed by atoms with Crippen LogP contribution in [0.15, 0.2) is 5.11 Å². The predicted molar refractivity (Wildman–Crippen MR) is 26.3 cm³/mol. The standard InChI is InChI=1S/C4H10N2O/c1-2-4(7)3-6-5/h4-5,7H,2-3H2,1H3. The maximum atomic E-state index is 8.64. The van der Waals surface area contributed by atoms with Gasteiger partial charge < -0.3 is 5.11 Å². The topological polar surface area (TPSA) is 56.4 Å². The van der Waals surface area contributed by atoms with Crippen molar-refractivity contribution in [3.8, 4) is 0 Å². The first-order chi connectivity index (χ1) is 3.31. The van der Waals surface area contributed by atoms with Crippen LogP contribution >= 0.6 is 0 Å². The SMILES string of the molecule is CCC(O)CN=N. The zero-order valence-corrected chi connectivity index (χ0v) is 4.39. The average Bonchev–Trinajstić information content (AvgIpc) is 1.68. The van der Waals surface area contributed by atoms with Gasteiger partial charge in [0.1, 0.15) is 0 Å². The highest BCUT2D eigenvalue weighted by Crippen LogP contribution is 1.87. The van der Waals surface area contributed by atoms with Crippen LogP contribution in [0, 0.1) is 5.53 Å². The van der Waals surface area contributed by atoms with Gasteiger partial charge in [0.2, 0.25) is 0 Å². The van der Waals surface area contributed by atoms with E-state index in [1.165, 1.54) is 0 Å². The molecule has 0 bridgehead atoms. The molecule has 0 saturated heterocycles. The highest BCUT2D eigenvalue weighted by atomic mass is 16.3. The summed E-state index contributed by atoms with van der Waals surface area (Å²) < 4.78 is 0. The van der Waals surface area contributed by atoms with E-state index in [0.29, 0.717) is 6.42 Å². The van der Waals surface area contributed by atoms with Gasteiger partial charge in [-0.05, 0) is 6.42 Å². The molecule has 0 aliphatic heterocycles. The molecule has 1 unspecified atom stereocenters. The fourth-order valence-electron chi connectivity index (χ4n) is 0.234. The van der Waals surface area contributed by atoms with Crippen LogP contribution < -0.4 is 0 Å². The van der Waals surface area contributed by atoms with Gasteiger partial charge in [0.15, 0.2) is 0 Å². The van der Waals surface area contributed by atoms with E-state index in [1.54, 1.807) is 0 Å². The number of nitrogens with one attached hydrogen (secondary N) is 1. The van der Waals surface area contributed by atoms with Crippen molar-refractivity contribution in [3.05, 3.63) is 0 Å². The quantitative estimate of drug-likeness (QED) is 0.508. The molecule has 0 aromatic rings. The Morgan fingerprint density at radius 3 is 2.57 bits per heavy atom. The van der Waals surface area contributed by atoms with Crippen LogP contribution in [0.2, 0.25) is 0 Å². The lowest BCUT2D eigenvalue weighted by Gasteiger charge is -1.97. The Bertz CT molecular complexity index is 55.7. The van der Waals surface area contributed by atoms with E-state index in [1.807, 2.05) is 6.92 Å². The first kappa shape index (κ1) is 6.56. The smallest absolute Gasteiger partial charge is 0.0855 e. The zero-order chi connectivity index (χ0) is 5.70. The Morgan fingerprint density at radius 2 is 2.43 bits per heavy atom. The third-order valence-electron chi connectivity index (χ3n) is 0.773. The van der Waals surface area contributed by atoms with Crippen molar-refractivity contribution in [3.63, 3.8) is 0 Å². The van der Waals surface area contributed by atoms with Gasteiger partial charge in [-0.25, -0.2) is 5.53 Å². The Balaban J connectivity index is 2.98. The van der Waals surface area contributed by atoms with E-state index in [2.05, 4.69) is 5.11 Å². The highest BCUT2D eigenvalue weighted by Gasteiger charge is 1.94. The van der Waals surface area contributed by atoms with Crippen molar-refractivity contribution < 1.29 is 5.11 Å². The van der Waals surface area contributed by atoms with Crippen LogP contribution in [-0.4, -0.2) is 17.8 Å². The average molecular weight is 102 g/mol. The van der Waals surface area contributed by atoms with Crippen molar-refractivity contribution in [1.82, 2.24) is 0 Å². The van der Waals surface area contributed by atoms with Crippen molar-refractivity contribution in [2.24, 2.45) is 5.11 Å². The van der Waals surface area contributed by atoms with Crippen molar-refractivity contribution in [2.45, 2.75) is 19.4 Å². The molecule has 0 rings (SSSR count). The minimum absolute atomic E-state index is 0.247. The number of hydrogen-bond acceptors (Lipinski definition) is 3. The second kappa shape index (κ2) is 3.74. The van der Waals surface area contributed by atoms with Gasteiger partial charge in [-0.2, -0.15) is 5.11 Å². The summed E-state index contributed by atoms with van der Waals surface area (Å²) in [5, 5.41) is 11.7. The second-order valence-corrected chi connectivity index (χ2v) is 1.40. The molecular formula is C4H10N2O. The minimum Gasteiger partial charge on any atom is -0.391 e. The highest BCUT2D eigenvalue weighted by molar-refractivity contribution is 4.50. The van der Waals surface area contributed by atoms with Crippen LogP contribution in [-0.2, 0) is 0 Å². The lowest BCUT2D eigenvalue weighted by molar-refractivity contribution is 0.176. The molecule has 7 heavy (non-hydrogen) atoms. The lowest BCUT2D eigenvalue weighted by Crippen LogP contribution is -2.07. The molecule has 42 valence electrons. The largest absolute Gasteiger partial charge is 0.391 e. The molecule has 0 amide bonds. The molecule has 0 spiro atoms. The van der Waals surface area contributed by atoms with Gasteiger partial charge in [0.25, 0.3) is 0 Å². The van der Waals surface area contributed by atoms with Gasteiger partial charge in [0.05, 0.1) is 12.6 Å². The van der Waals surface area contributed by atoms with E-state index >= 15 is 0 Å².